The van der Waals surface area contributed by atoms with E-state index in [9.17, 15) is 33.1 Å². The molecular formula is C30H27N5O7S. The molecule has 4 aromatic rings. The van der Waals surface area contributed by atoms with Gasteiger partial charge in [0, 0.05) is 36.7 Å². The minimum Gasteiger partial charge on any atom is -0.618 e. The average molecular weight is 602 g/mol. The van der Waals surface area contributed by atoms with Gasteiger partial charge in [-0.3, -0.25) is 19.4 Å². The highest BCUT2D eigenvalue weighted by atomic mass is 32.2. The number of phenols is 1. The first-order chi connectivity index (χ1) is 20.6. The summed E-state index contributed by atoms with van der Waals surface area (Å²) in [5.74, 6) is -1.52. The number of sulfonamides is 1. The molecule has 43 heavy (non-hydrogen) atoms. The van der Waals surface area contributed by atoms with Crippen LogP contribution in [-0.2, 0) is 26.0 Å². The van der Waals surface area contributed by atoms with Gasteiger partial charge in [0.05, 0.1) is 23.7 Å². The lowest BCUT2D eigenvalue weighted by molar-refractivity contribution is -0.646. The zero-order chi connectivity index (χ0) is 30.3. The summed E-state index contributed by atoms with van der Waals surface area (Å²) in [6.07, 6.45) is 2.86. The Morgan fingerprint density at radius 1 is 1.07 bits per heavy atom. The summed E-state index contributed by atoms with van der Waals surface area (Å²) in [4.78, 5) is 46.5. The number of fused-ring (bicyclic) bond motifs is 2. The van der Waals surface area contributed by atoms with Gasteiger partial charge in [0.2, 0.25) is 5.91 Å². The topological polar surface area (TPSA) is 164 Å². The molecule has 6 rings (SSSR count). The quantitative estimate of drug-likeness (QED) is 0.235. The summed E-state index contributed by atoms with van der Waals surface area (Å²) in [6, 6.07) is 15.8. The number of ketones is 1. The van der Waals surface area contributed by atoms with Crippen LogP contribution < -0.4 is 10.0 Å². The van der Waals surface area contributed by atoms with Crippen molar-refractivity contribution in [2.75, 3.05) is 13.1 Å². The van der Waals surface area contributed by atoms with Crippen LogP contribution in [0, 0.1) is 5.21 Å². The number of nitrogens with one attached hydrogen (secondary N) is 1. The van der Waals surface area contributed by atoms with Crippen molar-refractivity contribution in [1.82, 2.24) is 19.5 Å². The summed E-state index contributed by atoms with van der Waals surface area (Å²) >= 11 is 0. The van der Waals surface area contributed by atoms with Crippen LogP contribution in [0.25, 0.3) is 10.9 Å². The molecule has 0 radical (unpaired) electrons. The second kappa shape index (κ2) is 11.1. The fraction of sp³-hybridized carbons (Fsp3) is 0.233. The van der Waals surface area contributed by atoms with Gasteiger partial charge in [-0.25, -0.2) is 8.42 Å². The number of para-hydroxylation sites is 1. The van der Waals surface area contributed by atoms with Crippen molar-refractivity contribution < 1.29 is 32.6 Å². The highest BCUT2D eigenvalue weighted by molar-refractivity contribution is 7.89. The molecule has 2 aliphatic heterocycles. The molecule has 2 N–H and O–H groups in total. The van der Waals surface area contributed by atoms with E-state index >= 15 is 0 Å². The van der Waals surface area contributed by atoms with Crippen molar-refractivity contribution in [3.63, 3.8) is 0 Å². The highest BCUT2D eigenvalue weighted by Gasteiger charge is 2.55. The number of hydrogen-bond donors (Lipinski definition) is 2. The molecule has 2 amide bonds. The summed E-state index contributed by atoms with van der Waals surface area (Å²) in [6.45, 7) is -0.400. The Labute approximate surface area is 246 Å². The molecule has 12 nitrogen and oxygen atoms in total. The maximum absolute atomic E-state index is 14.1. The van der Waals surface area contributed by atoms with Crippen LogP contribution in [0.4, 0.5) is 0 Å². The van der Waals surface area contributed by atoms with Gasteiger partial charge >= 0.3 is 15.0 Å². The number of likely N-dealkylation sites (tertiary alicyclic amines) is 1. The molecule has 3 unspecified atom stereocenters. The largest absolute Gasteiger partial charge is 0.618 e. The molecule has 0 saturated carbocycles. The van der Waals surface area contributed by atoms with Crippen LogP contribution in [0.3, 0.4) is 0 Å². The van der Waals surface area contributed by atoms with Gasteiger partial charge in [-0.15, -0.1) is 0 Å². The Bertz CT molecular complexity index is 1840. The van der Waals surface area contributed by atoms with Gasteiger partial charge in [0.15, 0.2) is 12.0 Å². The maximum Gasteiger partial charge on any atom is 0.323 e. The number of nitrogens with zero attached hydrogens (tertiary/aromatic N) is 4. The average Bonchev–Trinajstić information content (AvgIpc) is 3.58. The molecule has 220 valence electrons. The van der Waals surface area contributed by atoms with Crippen molar-refractivity contribution >= 4 is 38.5 Å². The van der Waals surface area contributed by atoms with Gasteiger partial charge in [-0.05, 0) is 42.3 Å². The van der Waals surface area contributed by atoms with Crippen molar-refractivity contribution in [3.8, 4) is 5.75 Å². The Hall–Kier alpha value is -4.88. The SMILES string of the molecule is O=C(NC(Cc1ccc(O)cc1)C(=O)N1CCC2C1C(=O)CN2S(=O)(=O)c1cccc[n+]1[O-])c1cccc2cccnc12. The summed E-state index contributed by atoms with van der Waals surface area (Å²) in [7, 11) is -4.33. The molecule has 2 aliphatic rings. The van der Waals surface area contributed by atoms with Gasteiger partial charge in [-0.2, -0.15) is 9.04 Å². The third-order valence-corrected chi connectivity index (χ3v) is 9.74. The van der Waals surface area contributed by atoms with Crippen LogP contribution in [0.5, 0.6) is 5.75 Å². The van der Waals surface area contributed by atoms with Crippen molar-refractivity contribution in [1.29, 1.82) is 0 Å². The molecule has 2 fully saturated rings. The Kier molecular flexibility index (Phi) is 7.28. The molecule has 13 heteroatoms. The van der Waals surface area contributed by atoms with Gasteiger partial charge in [-0.1, -0.05) is 30.3 Å². The van der Waals surface area contributed by atoms with E-state index in [2.05, 4.69) is 10.3 Å². The number of pyridine rings is 2. The van der Waals surface area contributed by atoms with Crippen LogP contribution in [-0.4, -0.2) is 76.5 Å². The number of aromatic nitrogens is 2. The lowest BCUT2D eigenvalue weighted by Gasteiger charge is -2.28. The van der Waals surface area contributed by atoms with Crippen LogP contribution >= 0.6 is 0 Å². The number of phenolic OH excluding ortho intramolecular Hbond substituents is 1. The smallest absolute Gasteiger partial charge is 0.323 e. The highest BCUT2D eigenvalue weighted by Crippen LogP contribution is 2.34. The van der Waals surface area contributed by atoms with E-state index in [-0.39, 0.29) is 35.4 Å². The van der Waals surface area contributed by atoms with Crippen LogP contribution in [0.2, 0.25) is 0 Å². The Morgan fingerprint density at radius 2 is 1.84 bits per heavy atom. The lowest BCUT2D eigenvalue weighted by Crippen LogP contribution is -2.53. The van der Waals surface area contributed by atoms with E-state index in [1.54, 1.807) is 36.5 Å². The number of carbonyl (C=O) groups excluding carboxylic acids is 3. The fourth-order valence-corrected chi connectivity index (χ4v) is 7.52. The van der Waals surface area contributed by atoms with Crippen LogP contribution in [0.1, 0.15) is 22.3 Å². The molecule has 4 heterocycles. The first-order valence-corrected chi connectivity index (χ1v) is 15.0. The molecule has 2 aromatic carbocycles. The van der Waals surface area contributed by atoms with Gasteiger partial charge in [0.1, 0.15) is 17.8 Å². The molecule has 0 bridgehead atoms. The fourth-order valence-electron chi connectivity index (χ4n) is 5.86. The molecular weight excluding hydrogens is 574 g/mol. The normalized spacial score (nSPS) is 19.3. The molecule has 2 saturated heterocycles. The number of aromatic hydroxyl groups is 1. The van der Waals surface area contributed by atoms with Crippen molar-refractivity contribution in [2.45, 2.75) is 36.0 Å². The predicted molar refractivity (Wildman–Crippen MR) is 153 cm³/mol. The monoisotopic (exact) mass is 601 g/mol. The molecule has 0 aliphatic carbocycles. The molecule has 3 atom stereocenters. The zero-order valence-corrected chi connectivity index (χ0v) is 23.6. The summed E-state index contributed by atoms with van der Waals surface area (Å²) in [5.41, 5.74) is 1.38. The second-order valence-electron chi connectivity index (χ2n) is 10.5. The summed E-state index contributed by atoms with van der Waals surface area (Å²) < 4.78 is 28.0. The first-order valence-electron chi connectivity index (χ1n) is 13.6. The maximum atomic E-state index is 14.1. The first kappa shape index (κ1) is 28.2. The number of hydrogen-bond acceptors (Lipinski definition) is 8. The third kappa shape index (κ3) is 5.17. The molecule has 2 aromatic heterocycles. The summed E-state index contributed by atoms with van der Waals surface area (Å²) in [5, 5.41) is 25.0. The van der Waals surface area contributed by atoms with Crippen LogP contribution in [0.15, 0.2) is 90.2 Å². The Morgan fingerprint density at radius 3 is 2.60 bits per heavy atom. The minimum atomic E-state index is -4.33. The number of Topliss-reactive ketones (excluding diaryl/α,β-unsaturated/α-hetero) is 1. The van der Waals surface area contributed by atoms with Gasteiger partial charge in [0.25, 0.3) is 5.91 Å². The van der Waals surface area contributed by atoms with E-state index in [4.69, 9.17) is 0 Å². The zero-order valence-electron chi connectivity index (χ0n) is 22.7. The minimum absolute atomic E-state index is 0.0375. The van der Waals surface area contributed by atoms with E-state index in [1.165, 1.54) is 35.2 Å². The number of rotatable bonds is 7. The van der Waals surface area contributed by atoms with Gasteiger partial charge < -0.3 is 20.5 Å². The second-order valence-corrected chi connectivity index (χ2v) is 12.3. The van der Waals surface area contributed by atoms with E-state index in [0.717, 1.165) is 15.9 Å². The Balaban J connectivity index is 1.29. The van der Waals surface area contributed by atoms with E-state index < -0.39 is 57.3 Å². The third-order valence-electron chi connectivity index (χ3n) is 7.88. The van der Waals surface area contributed by atoms with E-state index in [0.29, 0.717) is 11.1 Å². The van der Waals surface area contributed by atoms with E-state index in [1.807, 2.05) is 12.1 Å². The van der Waals surface area contributed by atoms with Crippen molar-refractivity contribution in [2.24, 2.45) is 0 Å². The number of amides is 2. The molecule has 0 spiro atoms. The number of benzene rings is 2. The van der Waals surface area contributed by atoms with Crippen molar-refractivity contribution in [3.05, 3.63) is 102 Å². The standard InChI is InChI=1S/C30H27N5O7S/c36-21-11-9-19(10-12-21)17-23(32-29(38)22-7-3-5-20-6-4-14-31-27(20)22)30(39)33-16-13-24-28(33)25(37)18-35(24)43(41,42)26-8-1-2-15-34(26)40/h1-12,14-15,23-24,28,36H,13,16-18H2,(H,32,38). The predicted octanol–water partition coefficient (Wildman–Crippen LogP) is 1.16. The number of carbonyl (C=O) groups is 3. The lowest BCUT2D eigenvalue weighted by atomic mass is 10.0.